The van der Waals surface area contributed by atoms with E-state index in [0.29, 0.717) is 19.1 Å². The molecule has 0 bridgehead atoms. The third kappa shape index (κ3) is 4.41. The molecule has 0 aromatic rings. The van der Waals surface area contributed by atoms with E-state index in [4.69, 9.17) is 10.8 Å². The van der Waals surface area contributed by atoms with Crippen molar-refractivity contribution in [3.63, 3.8) is 0 Å². The van der Waals surface area contributed by atoms with Crippen LogP contribution in [0.3, 0.4) is 0 Å². The number of carbonyl (C=O) groups is 2. The third-order valence-corrected chi connectivity index (χ3v) is 4.71. The predicted octanol–water partition coefficient (Wildman–Crippen LogP) is -0.0528. The molecule has 2 atom stereocenters. The van der Waals surface area contributed by atoms with E-state index in [9.17, 15) is 9.59 Å². The highest BCUT2D eigenvalue weighted by Gasteiger charge is 2.30. The molecule has 0 radical (unpaired) electrons. The van der Waals surface area contributed by atoms with Crippen molar-refractivity contribution in [2.75, 3.05) is 32.8 Å². The quantitative estimate of drug-likeness (QED) is 0.719. The van der Waals surface area contributed by atoms with Gasteiger partial charge >= 0.3 is 0 Å². The number of hydrogen-bond acceptors (Lipinski definition) is 4. The van der Waals surface area contributed by atoms with Crippen molar-refractivity contribution in [3.8, 4) is 0 Å². The Hall–Kier alpha value is -1.14. The highest BCUT2D eigenvalue weighted by Crippen LogP contribution is 2.22. The fraction of sp³-hybridized carbons (Fsp3) is 0.867. The lowest BCUT2D eigenvalue weighted by Crippen LogP contribution is -2.48. The summed E-state index contributed by atoms with van der Waals surface area (Å²) in [7, 11) is 0. The molecule has 2 saturated heterocycles. The van der Waals surface area contributed by atoms with Crippen LogP contribution in [0, 0.1) is 5.92 Å². The number of rotatable bonds is 6. The summed E-state index contributed by atoms with van der Waals surface area (Å²) in [6.45, 7) is 2.81. The molecular weight excluding hydrogens is 270 g/mol. The van der Waals surface area contributed by atoms with Crippen LogP contribution in [-0.4, -0.2) is 65.5 Å². The summed E-state index contributed by atoms with van der Waals surface area (Å²) in [5, 5.41) is 8.94. The van der Waals surface area contributed by atoms with Crippen molar-refractivity contribution in [2.24, 2.45) is 11.7 Å². The lowest BCUT2D eigenvalue weighted by molar-refractivity contribution is -0.136. The van der Waals surface area contributed by atoms with Gasteiger partial charge in [-0.05, 0) is 45.1 Å². The van der Waals surface area contributed by atoms with Gasteiger partial charge in [0.1, 0.15) is 0 Å². The van der Waals surface area contributed by atoms with Gasteiger partial charge in [0.15, 0.2) is 0 Å². The average molecular weight is 297 g/mol. The smallest absolute Gasteiger partial charge is 0.236 e. The molecule has 0 aromatic carbocycles. The van der Waals surface area contributed by atoms with Crippen LogP contribution in [0.1, 0.15) is 38.5 Å². The maximum Gasteiger partial charge on any atom is 0.236 e. The van der Waals surface area contributed by atoms with Crippen LogP contribution in [0.15, 0.2) is 0 Å². The minimum Gasteiger partial charge on any atom is -0.396 e. The van der Waals surface area contributed by atoms with Gasteiger partial charge in [0.25, 0.3) is 0 Å². The van der Waals surface area contributed by atoms with E-state index in [2.05, 4.69) is 4.90 Å². The summed E-state index contributed by atoms with van der Waals surface area (Å²) >= 11 is 0. The maximum absolute atomic E-state index is 12.4. The SMILES string of the molecule is NC(=O)C1CCCN(C(=O)CN2CCCC2CCCO)C1. The molecule has 2 amide bonds. The fourth-order valence-corrected chi connectivity index (χ4v) is 3.47. The summed E-state index contributed by atoms with van der Waals surface area (Å²) in [5.41, 5.74) is 5.36. The Morgan fingerprint density at radius 1 is 1.19 bits per heavy atom. The largest absolute Gasteiger partial charge is 0.396 e. The zero-order valence-electron chi connectivity index (χ0n) is 12.7. The number of nitrogens with zero attached hydrogens (tertiary/aromatic N) is 2. The van der Waals surface area contributed by atoms with E-state index in [1.807, 2.05) is 0 Å². The molecule has 120 valence electrons. The average Bonchev–Trinajstić information content (AvgIpc) is 2.92. The van der Waals surface area contributed by atoms with Crippen LogP contribution in [-0.2, 0) is 9.59 Å². The molecule has 2 unspecified atom stereocenters. The molecule has 2 aliphatic rings. The molecule has 0 spiro atoms. The van der Waals surface area contributed by atoms with E-state index in [-0.39, 0.29) is 24.3 Å². The number of amides is 2. The number of nitrogens with two attached hydrogens (primary N) is 1. The second-order valence-corrected chi connectivity index (χ2v) is 6.21. The predicted molar refractivity (Wildman–Crippen MR) is 79.4 cm³/mol. The van der Waals surface area contributed by atoms with E-state index in [0.717, 1.165) is 51.6 Å². The first kappa shape index (κ1) is 16.2. The van der Waals surface area contributed by atoms with Gasteiger partial charge in [0.05, 0.1) is 12.5 Å². The van der Waals surface area contributed by atoms with Crippen molar-refractivity contribution in [1.82, 2.24) is 9.80 Å². The summed E-state index contributed by atoms with van der Waals surface area (Å²) in [4.78, 5) is 27.7. The summed E-state index contributed by atoms with van der Waals surface area (Å²) in [6, 6.07) is 0.415. The minimum absolute atomic E-state index is 0.108. The van der Waals surface area contributed by atoms with Gasteiger partial charge in [-0.25, -0.2) is 0 Å². The van der Waals surface area contributed by atoms with E-state index in [1.165, 1.54) is 0 Å². The van der Waals surface area contributed by atoms with Gasteiger partial charge in [-0.15, -0.1) is 0 Å². The number of primary amides is 1. The molecular formula is C15H27N3O3. The Kier molecular flexibility index (Phi) is 5.99. The molecule has 2 aliphatic heterocycles. The van der Waals surface area contributed by atoms with Crippen LogP contribution in [0.2, 0.25) is 0 Å². The number of hydrogen-bond donors (Lipinski definition) is 2. The molecule has 0 saturated carbocycles. The molecule has 2 rings (SSSR count). The van der Waals surface area contributed by atoms with Gasteiger partial charge in [-0.2, -0.15) is 0 Å². The summed E-state index contributed by atoms with van der Waals surface area (Å²) in [5.74, 6) is -0.377. The van der Waals surface area contributed by atoms with Crippen molar-refractivity contribution >= 4 is 11.8 Å². The molecule has 3 N–H and O–H groups in total. The normalized spacial score (nSPS) is 27.0. The highest BCUT2D eigenvalue weighted by atomic mass is 16.3. The number of piperidine rings is 1. The summed E-state index contributed by atoms with van der Waals surface area (Å²) in [6.07, 6.45) is 5.62. The zero-order chi connectivity index (χ0) is 15.2. The third-order valence-electron chi connectivity index (χ3n) is 4.71. The maximum atomic E-state index is 12.4. The second-order valence-electron chi connectivity index (χ2n) is 6.21. The van der Waals surface area contributed by atoms with Crippen LogP contribution in [0.25, 0.3) is 0 Å². The fourth-order valence-electron chi connectivity index (χ4n) is 3.47. The van der Waals surface area contributed by atoms with Crippen LogP contribution in [0.5, 0.6) is 0 Å². The first-order chi connectivity index (χ1) is 10.1. The monoisotopic (exact) mass is 297 g/mol. The molecule has 2 heterocycles. The van der Waals surface area contributed by atoms with Gasteiger partial charge in [0.2, 0.25) is 11.8 Å². The first-order valence-corrected chi connectivity index (χ1v) is 8.04. The Morgan fingerprint density at radius 2 is 1.95 bits per heavy atom. The minimum atomic E-state index is -0.297. The lowest BCUT2D eigenvalue weighted by Gasteiger charge is -2.33. The van der Waals surface area contributed by atoms with Crippen molar-refractivity contribution in [3.05, 3.63) is 0 Å². The Balaban J connectivity index is 1.84. The zero-order valence-corrected chi connectivity index (χ0v) is 12.7. The molecule has 2 fully saturated rings. The molecule has 6 nitrogen and oxygen atoms in total. The van der Waals surface area contributed by atoms with Gasteiger partial charge in [-0.1, -0.05) is 0 Å². The molecule has 0 aromatic heterocycles. The number of aliphatic hydroxyl groups is 1. The number of aliphatic hydroxyl groups excluding tert-OH is 1. The molecule has 6 heteroatoms. The van der Waals surface area contributed by atoms with Crippen LogP contribution >= 0.6 is 0 Å². The first-order valence-electron chi connectivity index (χ1n) is 8.04. The Labute approximate surface area is 126 Å². The van der Waals surface area contributed by atoms with Crippen molar-refractivity contribution in [2.45, 2.75) is 44.6 Å². The highest BCUT2D eigenvalue weighted by molar-refractivity contribution is 5.81. The number of carbonyl (C=O) groups excluding carboxylic acids is 2. The standard InChI is InChI=1S/C15H27N3O3/c16-15(21)12-4-1-8-18(10-12)14(20)11-17-7-2-5-13(17)6-3-9-19/h12-13,19H,1-11H2,(H2,16,21). The number of likely N-dealkylation sites (tertiary alicyclic amines) is 2. The summed E-state index contributed by atoms with van der Waals surface area (Å²) < 4.78 is 0. The molecule has 21 heavy (non-hydrogen) atoms. The van der Waals surface area contributed by atoms with E-state index < -0.39 is 0 Å². The van der Waals surface area contributed by atoms with Crippen molar-refractivity contribution < 1.29 is 14.7 Å². The molecule has 0 aliphatic carbocycles. The van der Waals surface area contributed by atoms with Crippen LogP contribution < -0.4 is 5.73 Å². The Morgan fingerprint density at radius 3 is 2.67 bits per heavy atom. The van der Waals surface area contributed by atoms with Gasteiger partial charge < -0.3 is 15.7 Å². The van der Waals surface area contributed by atoms with Crippen molar-refractivity contribution in [1.29, 1.82) is 0 Å². The lowest BCUT2D eigenvalue weighted by atomic mass is 9.97. The van der Waals surface area contributed by atoms with E-state index >= 15 is 0 Å². The van der Waals surface area contributed by atoms with Crippen LogP contribution in [0.4, 0.5) is 0 Å². The van der Waals surface area contributed by atoms with Gasteiger partial charge in [-0.3, -0.25) is 14.5 Å². The topological polar surface area (TPSA) is 86.9 Å². The second kappa shape index (κ2) is 7.75. The van der Waals surface area contributed by atoms with Gasteiger partial charge in [0, 0.05) is 25.7 Å². The Bertz CT molecular complexity index is 375. The van der Waals surface area contributed by atoms with E-state index in [1.54, 1.807) is 4.90 Å².